The maximum absolute atomic E-state index is 12.9. The molecule has 17 heavy (non-hydrogen) atoms. The number of hydrogen-bond acceptors (Lipinski definition) is 3. The Labute approximate surface area is 102 Å². The Morgan fingerprint density at radius 2 is 2.06 bits per heavy atom. The summed E-state index contributed by atoms with van der Waals surface area (Å²) in [5.74, 6) is -0.198. The van der Waals surface area contributed by atoms with Gasteiger partial charge in [0.05, 0.1) is 12.1 Å². The van der Waals surface area contributed by atoms with E-state index >= 15 is 0 Å². The van der Waals surface area contributed by atoms with Crippen LogP contribution in [0.2, 0.25) is 0 Å². The van der Waals surface area contributed by atoms with Crippen LogP contribution < -0.4 is 10.2 Å². The first kappa shape index (κ1) is 12.3. The minimum Gasteiger partial charge on any atom is -0.378 e. The van der Waals surface area contributed by atoms with Crippen LogP contribution in [0.15, 0.2) is 24.3 Å². The standard InChI is InChI=1S/C13H19FN2O/c1-16(11-5-3-10(14)4-6-11)12-7-8-15-9-13(12)17-2/h3-6,12-13,15H,7-9H2,1-2H3/t12-,13+/m1/s1. The van der Waals surface area contributed by atoms with Crippen molar-refractivity contribution in [3.63, 3.8) is 0 Å². The number of likely N-dealkylation sites (N-methyl/N-ethyl adjacent to an activating group) is 1. The van der Waals surface area contributed by atoms with Gasteiger partial charge >= 0.3 is 0 Å². The molecule has 2 rings (SSSR count). The fraction of sp³-hybridized carbons (Fsp3) is 0.538. The van der Waals surface area contributed by atoms with Gasteiger partial charge in [0, 0.05) is 26.4 Å². The average molecular weight is 238 g/mol. The van der Waals surface area contributed by atoms with E-state index in [9.17, 15) is 4.39 Å². The van der Waals surface area contributed by atoms with E-state index in [0.29, 0.717) is 6.04 Å². The van der Waals surface area contributed by atoms with Crippen molar-refractivity contribution in [3.8, 4) is 0 Å². The highest BCUT2D eigenvalue weighted by Gasteiger charge is 2.28. The van der Waals surface area contributed by atoms with E-state index in [1.165, 1.54) is 12.1 Å². The van der Waals surface area contributed by atoms with Gasteiger partial charge < -0.3 is 15.0 Å². The largest absolute Gasteiger partial charge is 0.378 e. The van der Waals surface area contributed by atoms with Gasteiger partial charge in [0.2, 0.25) is 0 Å². The maximum Gasteiger partial charge on any atom is 0.123 e. The molecule has 0 saturated carbocycles. The highest BCUT2D eigenvalue weighted by molar-refractivity contribution is 5.46. The number of rotatable bonds is 3. The summed E-state index contributed by atoms with van der Waals surface area (Å²) in [6.45, 7) is 1.86. The molecule has 0 amide bonds. The molecule has 2 atom stereocenters. The summed E-state index contributed by atoms with van der Waals surface area (Å²) in [6.07, 6.45) is 1.21. The highest BCUT2D eigenvalue weighted by Crippen LogP contribution is 2.21. The fourth-order valence-corrected chi connectivity index (χ4v) is 2.37. The summed E-state index contributed by atoms with van der Waals surface area (Å²) in [5.41, 5.74) is 1.03. The van der Waals surface area contributed by atoms with Crippen LogP contribution in [-0.2, 0) is 4.74 Å². The average Bonchev–Trinajstić information content (AvgIpc) is 2.39. The van der Waals surface area contributed by atoms with Crippen molar-refractivity contribution in [2.24, 2.45) is 0 Å². The summed E-state index contributed by atoms with van der Waals surface area (Å²) in [6, 6.07) is 6.95. The zero-order chi connectivity index (χ0) is 12.3. The molecule has 1 heterocycles. The van der Waals surface area contributed by atoms with E-state index in [2.05, 4.69) is 10.2 Å². The van der Waals surface area contributed by atoms with Crippen molar-refractivity contribution in [1.82, 2.24) is 5.32 Å². The van der Waals surface area contributed by atoms with Crippen molar-refractivity contribution in [2.45, 2.75) is 18.6 Å². The molecule has 4 heteroatoms. The topological polar surface area (TPSA) is 24.5 Å². The lowest BCUT2D eigenvalue weighted by Gasteiger charge is -2.38. The predicted molar refractivity (Wildman–Crippen MR) is 66.9 cm³/mol. The minimum absolute atomic E-state index is 0.179. The van der Waals surface area contributed by atoms with Crippen molar-refractivity contribution in [1.29, 1.82) is 0 Å². The number of nitrogens with one attached hydrogen (secondary N) is 1. The molecule has 0 aromatic heterocycles. The van der Waals surface area contributed by atoms with Crippen LogP contribution in [0, 0.1) is 5.82 Å². The maximum atomic E-state index is 12.9. The van der Waals surface area contributed by atoms with Gasteiger partial charge in [-0.3, -0.25) is 0 Å². The van der Waals surface area contributed by atoms with Crippen molar-refractivity contribution in [2.75, 3.05) is 32.1 Å². The number of ether oxygens (including phenoxy) is 1. The number of halogens is 1. The summed E-state index contributed by atoms with van der Waals surface area (Å²) in [7, 11) is 3.78. The molecule has 1 aliphatic heterocycles. The van der Waals surface area contributed by atoms with Crippen LogP contribution in [0.1, 0.15) is 6.42 Å². The summed E-state index contributed by atoms with van der Waals surface area (Å²) < 4.78 is 18.4. The number of hydrogen-bond donors (Lipinski definition) is 1. The summed E-state index contributed by atoms with van der Waals surface area (Å²) in [4.78, 5) is 2.18. The van der Waals surface area contributed by atoms with Crippen molar-refractivity contribution < 1.29 is 9.13 Å². The zero-order valence-electron chi connectivity index (χ0n) is 10.3. The molecule has 1 aromatic rings. The Morgan fingerprint density at radius 3 is 2.71 bits per heavy atom. The first-order valence-corrected chi connectivity index (χ1v) is 5.94. The Hall–Kier alpha value is -1.13. The van der Waals surface area contributed by atoms with Crippen LogP contribution in [0.25, 0.3) is 0 Å². The Morgan fingerprint density at radius 1 is 1.35 bits per heavy atom. The first-order chi connectivity index (χ1) is 8.22. The van der Waals surface area contributed by atoms with E-state index < -0.39 is 0 Å². The van der Waals surface area contributed by atoms with Gasteiger partial charge in [0.25, 0.3) is 0 Å². The molecule has 3 nitrogen and oxygen atoms in total. The SMILES string of the molecule is CO[C@H]1CNCC[C@H]1N(C)c1ccc(F)cc1. The first-order valence-electron chi connectivity index (χ1n) is 5.94. The molecule has 1 saturated heterocycles. The smallest absolute Gasteiger partial charge is 0.123 e. The van der Waals surface area contributed by atoms with Crippen LogP contribution in [0.3, 0.4) is 0 Å². The summed E-state index contributed by atoms with van der Waals surface area (Å²) >= 11 is 0. The molecule has 0 spiro atoms. The second kappa shape index (κ2) is 5.47. The quantitative estimate of drug-likeness (QED) is 0.866. The van der Waals surface area contributed by atoms with Gasteiger partial charge in [0.1, 0.15) is 5.82 Å². The van der Waals surface area contributed by atoms with E-state index in [-0.39, 0.29) is 11.9 Å². The van der Waals surface area contributed by atoms with Crippen LogP contribution in [0.4, 0.5) is 10.1 Å². The zero-order valence-corrected chi connectivity index (χ0v) is 10.3. The van der Waals surface area contributed by atoms with Gasteiger partial charge in [-0.05, 0) is 37.2 Å². The van der Waals surface area contributed by atoms with E-state index in [0.717, 1.165) is 25.2 Å². The Bertz CT molecular complexity index is 355. The van der Waals surface area contributed by atoms with Crippen LogP contribution >= 0.6 is 0 Å². The van der Waals surface area contributed by atoms with Crippen molar-refractivity contribution in [3.05, 3.63) is 30.1 Å². The number of nitrogens with zero attached hydrogens (tertiary/aromatic N) is 1. The summed E-state index contributed by atoms with van der Waals surface area (Å²) in [5, 5.41) is 3.32. The molecule has 0 bridgehead atoms. The van der Waals surface area contributed by atoms with Gasteiger partial charge in [-0.2, -0.15) is 0 Å². The van der Waals surface area contributed by atoms with Gasteiger partial charge in [-0.15, -0.1) is 0 Å². The van der Waals surface area contributed by atoms with E-state index in [4.69, 9.17) is 4.74 Å². The second-order valence-electron chi connectivity index (χ2n) is 4.42. The monoisotopic (exact) mass is 238 g/mol. The molecular formula is C13H19FN2O. The van der Waals surface area contributed by atoms with Crippen LogP contribution in [0.5, 0.6) is 0 Å². The molecule has 0 radical (unpaired) electrons. The Balaban J connectivity index is 2.12. The number of anilines is 1. The molecule has 1 fully saturated rings. The van der Waals surface area contributed by atoms with Crippen molar-refractivity contribution >= 4 is 5.69 Å². The molecule has 0 unspecified atom stereocenters. The third-order valence-corrected chi connectivity index (χ3v) is 3.43. The third-order valence-electron chi connectivity index (χ3n) is 3.43. The number of methoxy groups -OCH3 is 1. The van der Waals surface area contributed by atoms with Gasteiger partial charge in [-0.1, -0.05) is 0 Å². The van der Waals surface area contributed by atoms with Crippen LogP contribution in [-0.4, -0.2) is 39.4 Å². The Kier molecular flexibility index (Phi) is 3.97. The van der Waals surface area contributed by atoms with Gasteiger partial charge in [0.15, 0.2) is 0 Å². The predicted octanol–water partition coefficient (Wildman–Crippen LogP) is 1.64. The molecular weight excluding hydrogens is 219 g/mol. The van der Waals surface area contributed by atoms with Gasteiger partial charge in [-0.25, -0.2) is 4.39 Å². The minimum atomic E-state index is -0.198. The molecule has 1 N–H and O–H groups in total. The number of benzene rings is 1. The van der Waals surface area contributed by atoms with E-state index in [1.807, 2.05) is 19.2 Å². The fourth-order valence-electron chi connectivity index (χ4n) is 2.37. The number of piperidine rings is 1. The lowest BCUT2D eigenvalue weighted by molar-refractivity contribution is 0.0630. The van der Waals surface area contributed by atoms with E-state index in [1.54, 1.807) is 7.11 Å². The second-order valence-corrected chi connectivity index (χ2v) is 4.42. The lowest BCUT2D eigenvalue weighted by Crippen LogP contribution is -2.52. The molecule has 94 valence electrons. The molecule has 0 aliphatic carbocycles. The third kappa shape index (κ3) is 2.76. The normalized spacial score (nSPS) is 24.6. The molecule has 1 aromatic carbocycles. The molecule has 1 aliphatic rings. The highest BCUT2D eigenvalue weighted by atomic mass is 19.1. The lowest BCUT2D eigenvalue weighted by atomic mass is 10.0.